The number of benzene rings is 1. The Hall–Kier alpha value is -1.02. The molecule has 0 aromatic heterocycles. The lowest BCUT2D eigenvalue weighted by Gasteiger charge is -2.14. The molecule has 1 aromatic rings. The van der Waals surface area contributed by atoms with Crippen LogP contribution in [0.3, 0.4) is 0 Å². The van der Waals surface area contributed by atoms with E-state index in [9.17, 15) is 4.79 Å². The van der Waals surface area contributed by atoms with Gasteiger partial charge in [-0.2, -0.15) is 0 Å². The van der Waals surface area contributed by atoms with Crippen molar-refractivity contribution in [1.29, 1.82) is 0 Å². The molecule has 6 heteroatoms. The van der Waals surface area contributed by atoms with Crippen molar-refractivity contribution in [3.63, 3.8) is 0 Å². The average molecular weight is 379 g/mol. The predicted octanol–water partition coefficient (Wildman–Crippen LogP) is 1.96. The predicted molar refractivity (Wildman–Crippen MR) is 80.6 cm³/mol. The quantitative estimate of drug-likeness (QED) is 0.605. The van der Waals surface area contributed by atoms with Gasteiger partial charge in [0.2, 0.25) is 0 Å². The standard InChI is InChI=1S/C13H18INO4/c1-8(13(16)19-4)15-7-9-5-10(14)12(18-3)11(6-9)17-2/h5-6,8,15H,7H2,1-4H3/t8-/m1/s1. The molecular weight excluding hydrogens is 361 g/mol. The monoisotopic (exact) mass is 379 g/mol. The molecule has 0 saturated heterocycles. The van der Waals surface area contributed by atoms with Crippen LogP contribution in [0.4, 0.5) is 0 Å². The molecule has 0 amide bonds. The normalized spacial score (nSPS) is 11.8. The Bertz CT molecular complexity index is 451. The van der Waals surface area contributed by atoms with Crippen LogP contribution in [0.5, 0.6) is 11.5 Å². The molecule has 0 heterocycles. The molecule has 1 N–H and O–H groups in total. The van der Waals surface area contributed by atoms with Gasteiger partial charge in [-0.25, -0.2) is 0 Å². The lowest BCUT2D eigenvalue weighted by molar-refractivity contribution is -0.142. The first kappa shape index (κ1) is 16.0. The summed E-state index contributed by atoms with van der Waals surface area (Å²) in [4.78, 5) is 11.3. The van der Waals surface area contributed by atoms with Gasteiger partial charge in [0.15, 0.2) is 11.5 Å². The molecule has 0 radical (unpaired) electrons. The fraction of sp³-hybridized carbons (Fsp3) is 0.462. The maximum Gasteiger partial charge on any atom is 0.322 e. The summed E-state index contributed by atoms with van der Waals surface area (Å²) in [5.74, 6) is 1.11. The third-order valence-electron chi connectivity index (χ3n) is 2.66. The van der Waals surface area contributed by atoms with E-state index in [1.807, 2.05) is 12.1 Å². The number of esters is 1. The van der Waals surface area contributed by atoms with Gasteiger partial charge in [-0.15, -0.1) is 0 Å². The fourth-order valence-electron chi connectivity index (χ4n) is 1.60. The minimum Gasteiger partial charge on any atom is -0.493 e. The van der Waals surface area contributed by atoms with Crippen molar-refractivity contribution in [2.24, 2.45) is 0 Å². The van der Waals surface area contributed by atoms with Gasteiger partial charge in [0.1, 0.15) is 6.04 Å². The Kier molecular flexibility index (Phi) is 6.36. The van der Waals surface area contributed by atoms with Gasteiger partial charge >= 0.3 is 5.97 Å². The second kappa shape index (κ2) is 7.54. The van der Waals surface area contributed by atoms with Crippen LogP contribution in [-0.4, -0.2) is 33.3 Å². The van der Waals surface area contributed by atoms with E-state index >= 15 is 0 Å². The average Bonchev–Trinajstić information content (AvgIpc) is 2.42. The summed E-state index contributed by atoms with van der Waals surface area (Å²) in [5, 5.41) is 3.09. The van der Waals surface area contributed by atoms with Crippen LogP contribution >= 0.6 is 22.6 Å². The van der Waals surface area contributed by atoms with Gasteiger partial charge in [0.05, 0.1) is 24.9 Å². The van der Waals surface area contributed by atoms with E-state index in [1.165, 1.54) is 7.11 Å². The number of nitrogens with one attached hydrogen (secondary N) is 1. The molecule has 0 aliphatic rings. The largest absolute Gasteiger partial charge is 0.493 e. The minimum atomic E-state index is -0.351. The Balaban J connectivity index is 2.80. The third kappa shape index (κ3) is 4.24. The Morgan fingerprint density at radius 1 is 1.32 bits per heavy atom. The number of rotatable bonds is 6. The maximum absolute atomic E-state index is 11.3. The van der Waals surface area contributed by atoms with Crippen molar-refractivity contribution in [1.82, 2.24) is 5.32 Å². The van der Waals surface area contributed by atoms with Gasteiger partial charge in [0, 0.05) is 6.54 Å². The zero-order valence-electron chi connectivity index (χ0n) is 11.5. The van der Waals surface area contributed by atoms with Crippen LogP contribution in [0.15, 0.2) is 12.1 Å². The lowest BCUT2D eigenvalue weighted by atomic mass is 10.2. The summed E-state index contributed by atoms with van der Waals surface area (Å²) < 4.78 is 16.2. The van der Waals surface area contributed by atoms with Crippen LogP contribution in [0.2, 0.25) is 0 Å². The lowest BCUT2D eigenvalue weighted by Crippen LogP contribution is -2.34. The van der Waals surface area contributed by atoms with Crippen molar-refractivity contribution in [2.75, 3.05) is 21.3 Å². The molecule has 19 heavy (non-hydrogen) atoms. The topological polar surface area (TPSA) is 56.8 Å². The van der Waals surface area contributed by atoms with E-state index in [1.54, 1.807) is 21.1 Å². The Morgan fingerprint density at radius 3 is 2.53 bits per heavy atom. The van der Waals surface area contributed by atoms with Crippen LogP contribution in [-0.2, 0) is 16.1 Å². The molecule has 106 valence electrons. The smallest absolute Gasteiger partial charge is 0.322 e. The highest BCUT2D eigenvalue weighted by Gasteiger charge is 2.14. The van der Waals surface area contributed by atoms with E-state index in [4.69, 9.17) is 9.47 Å². The molecule has 0 saturated carbocycles. The summed E-state index contributed by atoms with van der Waals surface area (Å²) in [7, 11) is 4.58. The zero-order chi connectivity index (χ0) is 14.4. The number of methoxy groups -OCH3 is 3. The molecule has 1 aromatic carbocycles. The summed E-state index contributed by atoms with van der Waals surface area (Å²) in [5.41, 5.74) is 1.01. The molecule has 1 rings (SSSR count). The number of hydrogen-bond donors (Lipinski definition) is 1. The van der Waals surface area contributed by atoms with Crippen molar-refractivity contribution >= 4 is 28.6 Å². The molecule has 0 aliphatic carbocycles. The first-order chi connectivity index (χ1) is 9.03. The van der Waals surface area contributed by atoms with E-state index in [0.29, 0.717) is 18.0 Å². The zero-order valence-corrected chi connectivity index (χ0v) is 13.6. The number of carbonyl (C=O) groups is 1. The van der Waals surface area contributed by atoms with Gasteiger partial charge < -0.3 is 19.5 Å². The second-order valence-electron chi connectivity index (χ2n) is 3.94. The van der Waals surface area contributed by atoms with Gasteiger partial charge in [-0.05, 0) is 47.2 Å². The molecule has 5 nitrogen and oxygen atoms in total. The highest BCUT2D eigenvalue weighted by Crippen LogP contribution is 2.33. The summed E-state index contributed by atoms with van der Waals surface area (Å²) in [6, 6.07) is 3.52. The highest BCUT2D eigenvalue weighted by atomic mass is 127. The van der Waals surface area contributed by atoms with Gasteiger partial charge in [0.25, 0.3) is 0 Å². The number of carbonyl (C=O) groups excluding carboxylic acids is 1. The molecule has 0 bridgehead atoms. The first-order valence-corrected chi connectivity index (χ1v) is 6.83. The van der Waals surface area contributed by atoms with E-state index < -0.39 is 0 Å². The molecule has 1 atom stereocenters. The van der Waals surface area contributed by atoms with Crippen molar-refractivity contribution in [3.05, 3.63) is 21.3 Å². The number of hydrogen-bond acceptors (Lipinski definition) is 5. The first-order valence-electron chi connectivity index (χ1n) is 5.75. The number of halogens is 1. The summed E-state index contributed by atoms with van der Waals surface area (Å²) >= 11 is 2.19. The van der Waals surface area contributed by atoms with E-state index in [2.05, 4.69) is 32.6 Å². The van der Waals surface area contributed by atoms with Crippen molar-refractivity contribution in [3.8, 4) is 11.5 Å². The molecule has 0 unspecified atom stereocenters. The van der Waals surface area contributed by atoms with Crippen molar-refractivity contribution < 1.29 is 19.0 Å². The highest BCUT2D eigenvalue weighted by molar-refractivity contribution is 14.1. The third-order valence-corrected chi connectivity index (χ3v) is 3.46. The summed E-state index contributed by atoms with van der Waals surface area (Å²) in [6.45, 7) is 2.31. The van der Waals surface area contributed by atoms with E-state index in [-0.39, 0.29) is 12.0 Å². The SMILES string of the molecule is COC(=O)[C@@H](C)NCc1cc(I)c(OC)c(OC)c1. The summed E-state index contributed by atoms with van der Waals surface area (Å²) in [6.07, 6.45) is 0. The van der Waals surface area contributed by atoms with Crippen LogP contribution in [0, 0.1) is 3.57 Å². The van der Waals surface area contributed by atoms with Crippen molar-refractivity contribution in [2.45, 2.75) is 19.5 Å². The van der Waals surface area contributed by atoms with Crippen LogP contribution in [0.1, 0.15) is 12.5 Å². The molecule has 0 spiro atoms. The van der Waals surface area contributed by atoms with E-state index in [0.717, 1.165) is 9.13 Å². The fourth-order valence-corrected chi connectivity index (χ4v) is 2.49. The van der Waals surface area contributed by atoms with Crippen LogP contribution in [0.25, 0.3) is 0 Å². The molecule has 0 fully saturated rings. The second-order valence-corrected chi connectivity index (χ2v) is 5.10. The van der Waals surface area contributed by atoms with Crippen LogP contribution < -0.4 is 14.8 Å². The molecular formula is C13H18INO4. The van der Waals surface area contributed by atoms with Gasteiger partial charge in [-0.1, -0.05) is 0 Å². The Morgan fingerprint density at radius 2 is 2.00 bits per heavy atom. The number of ether oxygens (including phenoxy) is 3. The minimum absolute atomic E-state index is 0.282. The van der Waals surface area contributed by atoms with Gasteiger partial charge in [-0.3, -0.25) is 4.79 Å². The Labute approximate surface area is 126 Å². The maximum atomic E-state index is 11.3. The molecule has 0 aliphatic heterocycles.